The van der Waals surface area contributed by atoms with Gasteiger partial charge in [0.2, 0.25) is 0 Å². The Labute approximate surface area is 108 Å². The van der Waals surface area contributed by atoms with E-state index in [2.05, 4.69) is 6.92 Å². The van der Waals surface area contributed by atoms with Crippen LogP contribution < -0.4 is 14.6 Å². The molecular formula is C14H19O4-. The second-order valence-electron chi connectivity index (χ2n) is 4.04. The summed E-state index contributed by atoms with van der Waals surface area (Å²) in [4.78, 5) is 10.2. The van der Waals surface area contributed by atoms with Crippen LogP contribution in [0, 0.1) is 0 Å². The second-order valence-corrected chi connectivity index (χ2v) is 4.04. The van der Waals surface area contributed by atoms with E-state index in [-0.39, 0.29) is 0 Å². The van der Waals surface area contributed by atoms with Crippen molar-refractivity contribution < 1.29 is 19.4 Å². The van der Waals surface area contributed by atoms with Crippen LogP contribution >= 0.6 is 0 Å². The smallest absolute Gasteiger partial charge is 0.128 e. The van der Waals surface area contributed by atoms with Crippen molar-refractivity contribution in [3.63, 3.8) is 0 Å². The molecule has 4 heteroatoms. The fourth-order valence-electron chi connectivity index (χ4n) is 1.49. The van der Waals surface area contributed by atoms with Crippen molar-refractivity contribution >= 4 is 5.97 Å². The van der Waals surface area contributed by atoms with Gasteiger partial charge in [0, 0.05) is 0 Å². The Bertz CT molecular complexity index is 345. The number of carboxylic acid groups (broad SMARTS) is 1. The lowest BCUT2D eigenvalue weighted by Crippen LogP contribution is -2.28. The predicted molar refractivity (Wildman–Crippen MR) is 66.6 cm³/mol. The third-order valence-corrected chi connectivity index (χ3v) is 2.45. The summed E-state index contributed by atoms with van der Waals surface area (Å²) in [6.07, 6.45) is 4.68. The summed E-state index contributed by atoms with van der Waals surface area (Å²) < 4.78 is 10.5. The zero-order valence-corrected chi connectivity index (χ0v) is 10.7. The molecule has 0 aliphatic heterocycles. The molecule has 1 aromatic carbocycles. The van der Waals surface area contributed by atoms with Gasteiger partial charge in [-0.15, -0.1) is 0 Å². The van der Waals surface area contributed by atoms with Crippen molar-refractivity contribution in [3.8, 4) is 11.5 Å². The van der Waals surface area contributed by atoms with Gasteiger partial charge in [-0.05, 0) is 30.7 Å². The number of unbranched alkanes of at least 4 members (excludes halogenated alkanes) is 3. The molecule has 0 atom stereocenters. The summed E-state index contributed by atoms with van der Waals surface area (Å²) in [6.45, 7) is 2.45. The van der Waals surface area contributed by atoms with Crippen LogP contribution in [0.1, 0.15) is 32.6 Å². The van der Waals surface area contributed by atoms with Gasteiger partial charge in [0.15, 0.2) is 0 Å². The lowest BCUT2D eigenvalue weighted by molar-refractivity contribution is -0.307. The minimum atomic E-state index is -1.23. The van der Waals surface area contributed by atoms with E-state index < -0.39 is 12.6 Å². The fourth-order valence-corrected chi connectivity index (χ4v) is 1.49. The second kappa shape index (κ2) is 8.39. The lowest BCUT2D eigenvalue weighted by atomic mass is 10.2. The lowest BCUT2D eigenvalue weighted by Gasteiger charge is -2.08. The molecule has 0 amide bonds. The maximum absolute atomic E-state index is 10.2. The van der Waals surface area contributed by atoms with Crippen molar-refractivity contribution in [2.45, 2.75) is 32.6 Å². The minimum absolute atomic E-state index is 0.433. The molecule has 0 saturated carbocycles. The van der Waals surface area contributed by atoms with E-state index in [1.807, 2.05) is 0 Å². The molecule has 0 aliphatic rings. The van der Waals surface area contributed by atoms with Crippen molar-refractivity contribution in [3.05, 3.63) is 24.3 Å². The summed E-state index contributed by atoms with van der Waals surface area (Å²) in [6, 6.07) is 6.91. The maximum Gasteiger partial charge on any atom is 0.128 e. The van der Waals surface area contributed by atoms with Gasteiger partial charge in [-0.2, -0.15) is 0 Å². The number of ether oxygens (including phenoxy) is 2. The third kappa shape index (κ3) is 6.13. The molecule has 0 fully saturated rings. The molecule has 1 rings (SSSR count). The monoisotopic (exact) mass is 251 g/mol. The van der Waals surface area contributed by atoms with E-state index in [1.54, 1.807) is 24.3 Å². The van der Waals surface area contributed by atoms with Gasteiger partial charge >= 0.3 is 0 Å². The highest BCUT2D eigenvalue weighted by Crippen LogP contribution is 2.17. The highest BCUT2D eigenvalue weighted by atomic mass is 16.5. The van der Waals surface area contributed by atoms with E-state index in [4.69, 9.17) is 9.47 Å². The van der Waals surface area contributed by atoms with Crippen molar-refractivity contribution in [1.29, 1.82) is 0 Å². The molecule has 0 heterocycles. The number of rotatable bonds is 9. The first kappa shape index (κ1) is 14.4. The number of aliphatic carboxylic acids is 1. The number of hydrogen-bond donors (Lipinski definition) is 0. The van der Waals surface area contributed by atoms with Crippen molar-refractivity contribution in [1.82, 2.24) is 0 Å². The number of hydrogen-bond acceptors (Lipinski definition) is 4. The highest BCUT2D eigenvalue weighted by Gasteiger charge is 1.97. The summed E-state index contributed by atoms with van der Waals surface area (Å²) in [5.74, 6) is 0.0380. The van der Waals surface area contributed by atoms with Crippen molar-refractivity contribution in [2.24, 2.45) is 0 Å². The Morgan fingerprint density at radius 2 is 1.67 bits per heavy atom. The molecule has 0 aromatic heterocycles. The Morgan fingerprint density at radius 1 is 1.06 bits per heavy atom. The largest absolute Gasteiger partial charge is 0.546 e. The molecule has 0 saturated heterocycles. The Morgan fingerprint density at radius 3 is 2.22 bits per heavy atom. The molecule has 4 nitrogen and oxygen atoms in total. The van der Waals surface area contributed by atoms with Crippen LogP contribution in [0.4, 0.5) is 0 Å². The zero-order chi connectivity index (χ0) is 13.2. The number of benzene rings is 1. The van der Waals surface area contributed by atoms with Crippen molar-refractivity contribution in [2.75, 3.05) is 13.2 Å². The molecule has 0 aliphatic carbocycles. The third-order valence-electron chi connectivity index (χ3n) is 2.45. The molecule has 0 spiro atoms. The first-order chi connectivity index (χ1) is 8.72. The van der Waals surface area contributed by atoms with Crippen LogP contribution in [0.2, 0.25) is 0 Å². The quantitative estimate of drug-likeness (QED) is 0.628. The number of carboxylic acids is 1. The van der Waals surface area contributed by atoms with E-state index in [1.165, 1.54) is 19.3 Å². The Balaban J connectivity index is 2.25. The molecule has 18 heavy (non-hydrogen) atoms. The number of carbonyl (C=O) groups is 1. The van der Waals surface area contributed by atoms with Gasteiger partial charge in [0.1, 0.15) is 18.1 Å². The van der Waals surface area contributed by atoms with Gasteiger partial charge < -0.3 is 19.4 Å². The fraction of sp³-hybridized carbons (Fsp3) is 0.500. The highest BCUT2D eigenvalue weighted by molar-refractivity contribution is 5.66. The van der Waals surface area contributed by atoms with E-state index >= 15 is 0 Å². The molecule has 0 unspecified atom stereocenters. The molecule has 0 N–H and O–H groups in total. The summed E-state index contributed by atoms with van der Waals surface area (Å²) in [5.41, 5.74) is 0. The Hall–Kier alpha value is -1.71. The van der Waals surface area contributed by atoms with Crippen LogP contribution in [0.5, 0.6) is 11.5 Å². The molecule has 0 radical (unpaired) electrons. The molecule has 1 aromatic rings. The van der Waals surface area contributed by atoms with E-state index in [0.29, 0.717) is 12.4 Å². The molecule has 100 valence electrons. The van der Waals surface area contributed by atoms with Crippen LogP contribution in [0.25, 0.3) is 0 Å². The van der Waals surface area contributed by atoms with Gasteiger partial charge in [-0.1, -0.05) is 26.2 Å². The minimum Gasteiger partial charge on any atom is -0.546 e. The zero-order valence-electron chi connectivity index (χ0n) is 10.7. The standard InChI is InChI=1S/C14H20O4/c1-2-3-4-5-10-17-12-6-8-13(9-7-12)18-11-14(15)16/h6-9H,2-5,10-11H2,1H3,(H,15,16)/p-1. The SMILES string of the molecule is CCCCCCOc1ccc(OCC(=O)[O-])cc1. The summed E-state index contributed by atoms with van der Waals surface area (Å²) in [7, 11) is 0. The van der Waals surface area contributed by atoms with Gasteiger partial charge in [0.05, 0.1) is 12.6 Å². The van der Waals surface area contributed by atoms with E-state index in [0.717, 1.165) is 12.2 Å². The van der Waals surface area contributed by atoms with Crippen LogP contribution in [-0.4, -0.2) is 19.2 Å². The number of carbonyl (C=O) groups excluding carboxylic acids is 1. The molecular weight excluding hydrogens is 232 g/mol. The van der Waals surface area contributed by atoms with Crippen LogP contribution in [0.15, 0.2) is 24.3 Å². The van der Waals surface area contributed by atoms with Gasteiger partial charge in [-0.3, -0.25) is 0 Å². The normalized spacial score (nSPS) is 10.1. The first-order valence-corrected chi connectivity index (χ1v) is 6.28. The van der Waals surface area contributed by atoms with Gasteiger partial charge in [-0.25, -0.2) is 0 Å². The predicted octanol–water partition coefficient (Wildman–Crippen LogP) is 1.77. The van der Waals surface area contributed by atoms with E-state index in [9.17, 15) is 9.90 Å². The topological polar surface area (TPSA) is 58.6 Å². The van der Waals surface area contributed by atoms with Crippen LogP contribution in [0.3, 0.4) is 0 Å². The molecule has 0 bridgehead atoms. The first-order valence-electron chi connectivity index (χ1n) is 6.28. The van der Waals surface area contributed by atoms with Crippen LogP contribution in [-0.2, 0) is 4.79 Å². The summed E-state index contributed by atoms with van der Waals surface area (Å²) in [5, 5.41) is 10.2. The van der Waals surface area contributed by atoms with Gasteiger partial charge in [0.25, 0.3) is 0 Å². The Kier molecular flexibility index (Phi) is 6.69. The maximum atomic E-state index is 10.2. The summed E-state index contributed by atoms with van der Waals surface area (Å²) >= 11 is 0. The average Bonchev–Trinajstić information content (AvgIpc) is 2.37. The average molecular weight is 251 g/mol.